The maximum atomic E-state index is 11.5. The van der Waals surface area contributed by atoms with Crippen LogP contribution in [0.3, 0.4) is 0 Å². The molecule has 0 heterocycles. The van der Waals surface area contributed by atoms with E-state index >= 15 is 0 Å². The summed E-state index contributed by atoms with van der Waals surface area (Å²) in [4.78, 5) is 33.8. The molecule has 1 fully saturated rings. The summed E-state index contributed by atoms with van der Waals surface area (Å²) >= 11 is 0. The van der Waals surface area contributed by atoms with Gasteiger partial charge >= 0.3 is 18.0 Å². The number of aliphatic carboxylic acids is 1. The molecule has 0 aromatic carbocycles. The first-order valence-corrected chi connectivity index (χ1v) is 7.51. The van der Waals surface area contributed by atoms with Crippen LogP contribution in [-0.2, 0) is 19.1 Å². The molecule has 126 valence electrons. The van der Waals surface area contributed by atoms with E-state index in [1.54, 1.807) is 20.8 Å². The molecule has 0 aliphatic heterocycles. The lowest BCUT2D eigenvalue weighted by Gasteiger charge is -2.26. The van der Waals surface area contributed by atoms with Crippen molar-refractivity contribution >= 4 is 18.0 Å². The highest BCUT2D eigenvalue weighted by Crippen LogP contribution is 2.28. The molecule has 1 saturated carbocycles. The number of carboxylic acids is 1. The lowest BCUT2D eigenvalue weighted by molar-refractivity contribution is -0.161. The van der Waals surface area contributed by atoms with Crippen LogP contribution in [-0.4, -0.2) is 36.5 Å². The van der Waals surface area contributed by atoms with E-state index in [9.17, 15) is 14.4 Å². The SMILES string of the molecule is CC(C)(C)C(=O)OCOC(=O)NCC1CCC(C(=O)O)CC1. The van der Waals surface area contributed by atoms with Gasteiger partial charge in [0, 0.05) is 6.54 Å². The summed E-state index contributed by atoms with van der Waals surface area (Å²) in [5.74, 6) is -1.18. The molecule has 0 radical (unpaired) electrons. The van der Waals surface area contributed by atoms with Crippen LogP contribution in [0.1, 0.15) is 46.5 Å². The van der Waals surface area contributed by atoms with Crippen LogP contribution in [0.15, 0.2) is 0 Å². The Bertz CT molecular complexity index is 407. The van der Waals surface area contributed by atoms with E-state index in [4.69, 9.17) is 14.6 Å². The smallest absolute Gasteiger partial charge is 0.410 e. The molecular weight excluding hydrogens is 290 g/mol. The Hall–Kier alpha value is -1.79. The van der Waals surface area contributed by atoms with Gasteiger partial charge in [0.2, 0.25) is 6.79 Å². The molecule has 0 saturated heterocycles. The summed E-state index contributed by atoms with van der Waals surface area (Å²) in [6.45, 7) is 5.17. The Morgan fingerprint density at radius 2 is 1.68 bits per heavy atom. The second-order valence-electron chi connectivity index (χ2n) is 6.67. The van der Waals surface area contributed by atoms with Crippen LogP contribution >= 0.6 is 0 Å². The van der Waals surface area contributed by atoms with Gasteiger partial charge in [-0.2, -0.15) is 0 Å². The molecule has 2 N–H and O–H groups in total. The molecule has 0 spiro atoms. The fourth-order valence-corrected chi connectivity index (χ4v) is 2.25. The number of carbonyl (C=O) groups excluding carboxylic acids is 2. The molecule has 22 heavy (non-hydrogen) atoms. The molecule has 1 aliphatic carbocycles. The minimum absolute atomic E-state index is 0.264. The molecule has 0 aromatic heterocycles. The highest BCUT2D eigenvalue weighted by atomic mass is 16.7. The summed E-state index contributed by atoms with van der Waals surface area (Å²) in [6, 6.07) is 0. The molecule has 1 aliphatic rings. The first kappa shape index (κ1) is 18.3. The van der Waals surface area contributed by atoms with Gasteiger partial charge in [-0.25, -0.2) is 4.79 Å². The molecule has 7 nitrogen and oxygen atoms in total. The average Bonchev–Trinajstić information content (AvgIpc) is 2.44. The number of amides is 1. The minimum atomic E-state index is -0.744. The zero-order chi connectivity index (χ0) is 16.8. The van der Waals surface area contributed by atoms with Gasteiger partial charge in [-0.3, -0.25) is 9.59 Å². The van der Waals surface area contributed by atoms with Crippen LogP contribution in [0.25, 0.3) is 0 Å². The van der Waals surface area contributed by atoms with Crippen molar-refractivity contribution in [2.45, 2.75) is 46.5 Å². The second kappa shape index (κ2) is 8.00. The van der Waals surface area contributed by atoms with Gasteiger partial charge in [-0.1, -0.05) is 0 Å². The van der Waals surface area contributed by atoms with Gasteiger partial charge < -0.3 is 19.9 Å². The van der Waals surface area contributed by atoms with Gasteiger partial charge in [0.1, 0.15) is 0 Å². The minimum Gasteiger partial charge on any atom is -0.481 e. The fourth-order valence-electron chi connectivity index (χ4n) is 2.25. The number of ether oxygens (including phenoxy) is 2. The van der Waals surface area contributed by atoms with Crippen molar-refractivity contribution in [1.29, 1.82) is 0 Å². The third kappa shape index (κ3) is 6.32. The lowest BCUT2D eigenvalue weighted by Crippen LogP contribution is -2.33. The van der Waals surface area contributed by atoms with Crippen LogP contribution < -0.4 is 5.32 Å². The Morgan fingerprint density at radius 1 is 1.09 bits per heavy atom. The van der Waals surface area contributed by atoms with E-state index in [2.05, 4.69) is 5.32 Å². The highest BCUT2D eigenvalue weighted by molar-refractivity contribution is 5.75. The van der Waals surface area contributed by atoms with Crippen LogP contribution in [0.5, 0.6) is 0 Å². The predicted octanol–water partition coefficient (Wildman–Crippen LogP) is 2.15. The van der Waals surface area contributed by atoms with Crippen molar-refractivity contribution in [2.75, 3.05) is 13.3 Å². The van der Waals surface area contributed by atoms with E-state index in [-0.39, 0.29) is 11.8 Å². The third-order valence-electron chi connectivity index (χ3n) is 3.72. The summed E-state index contributed by atoms with van der Waals surface area (Å²) in [5.41, 5.74) is -0.636. The largest absolute Gasteiger partial charge is 0.481 e. The Labute approximate surface area is 130 Å². The fraction of sp³-hybridized carbons (Fsp3) is 0.800. The summed E-state index contributed by atoms with van der Waals surface area (Å²) in [6.07, 6.45) is 2.19. The van der Waals surface area contributed by atoms with E-state index in [0.717, 1.165) is 12.8 Å². The maximum Gasteiger partial charge on any atom is 0.410 e. The molecule has 0 aromatic rings. The predicted molar refractivity (Wildman–Crippen MR) is 78.0 cm³/mol. The van der Waals surface area contributed by atoms with Crippen molar-refractivity contribution in [3.63, 3.8) is 0 Å². The number of carbonyl (C=O) groups is 3. The molecule has 0 unspecified atom stereocenters. The van der Waals surface area contributed by atoms with Crippen LogP contribution in [0, 0.1) is 17.3 Å². The lowest BCUT2D eigenvalue weighted by atomic mass is 9.82. The quantitative estimate of drug-likeness (QED) is 0.595. The van der Waals surface area contributed by atoms with E-state index in [1.165, 1.54) is 0 Å². The molecule has 0 bridgehead atoms. The molecule has 0 atom stereocenters. The van der Waals surface area contributed by atoms with Gasteiger partial charge in [-0.15, -0.1) is 0 Å². The number of hydrogen-bond donors (Lipinski definition) is 2. The van der Waals surface area contributed by atoms with Crippen molar-refractivity contribution in [3.05, 3.63) is 0 Å². The monoisotopic (exact) mass is 315 g/mol. The topological polar surface area (TPSA) is 102 Å². The normalized spacial score (nSPS) is 21.8. The molecule has 1 rings (SSSR count). The highest BCUT2D eigenvalue weighted by Gasteiger charge is 2.26. The summed E-state index contributed by atoms with van der Waals surface area (Å²) in [7, 11) is 0. The Balaban J connectivity index is 2.14. The van der Waals surface area contributed by atoms with Gasteiger partial charge in [-0.05, 0) is 52.4 Å². The zero-order valence-electron chi connectivity index (χ0n) is 13.4. The first-order chi connectivity index (χ1) is 10.2. The number of esters is 1. The van der Waals surface area contributed by atoms with Crippen molar-refractivity contribution in [2.24, 2.45) is 17.3 Å². The van der Waals surface area contributed by atoms with Crippen LogP contribution in [0.2, 0.25) is 0 Å². The number of carboxylic acid groups (broad SMARTS) is 1. The van der Waals surface area contributed by atoms with Gasteiger partial charge in [0.15, 0.2) is 0 Å². The van der Waals surface area contributed by atoms with E-state index in [0.29, 0.717) is 19.4 Å². The maximum absolute atomic E-state index is 11.5. The standard InChI is InChI=1S/C15H25NO6/c1-15(2,3)13(19)21-9-22-14(20)16-8-10-4-6-11(7-5-10)12(17)18/h10-11H,4-9H2,1-3H3,(H,16,20)(H,17,18). The zero-order valence-corrected chi connectivity index (χ0v) is 13.4. The second-order valence-corrected chi connectivity index (χ2v) is 6.67. The number of alkyl carbamates (subject to hydrolysis) is 1. The third-order valence-corrected chi connectivity index (χ3v) is 3.72. The molecule has 1 amide bonds. The number of rotatable bonds is 5. The first-order valence-electron chi connectivity index (χ1n) is 7.51. The van der Waals surface area contributed by atoms with Gasteiger partial charge in [0.25, 0.3) is 0 Å². The van der Waals surface area contributed by atoms with Crippen molar-refractivity contribution in [1.82, 2.24) is 5.32 Å². The number of hydrogen-bond acceptors (Lipinski definition) is 5. The summed E-state index contributed by atoms with van der Waals surface area (Å²) in [5, 5.41) is 11.5. The Kier molecular flexibility index (Phi) is 6.64. The van der Waals surface area contributed by atoms with E-state index in [1.807, 2.05) is 0 Å². The average molecular weight is 315 g/mol. The molecular formula is C15H25NO6. The summed E-state index contributed by atoms with van der Waals surface area (Å²) < 4.78 is 9.59. The van der Waals surface area contributed by atoms with E-state index < -0.39 is 30.2 Å². The van der Waals surface area contributed by atoms with Gasteiger partial charge in [0.05, 0.1) is 11.3 Å². The van der Waals surface area contributed by atoms with Crippen LogP contribution in [0.4, 0.5) is 4.79 Å². The number of nitrogens with one attached hydrogen (secondary N) is 1. The molecule has 7 heteroatoms. The van der Waals surface area contributed by atoms with Crippen molar-refractivity contribution in [3.8, 4) is 0 Å². The van der Waals surface area contributed by atoms with Crippen molar-refractivity contribution < 1.29 is 29.0 Å². The Morgan fingerprint density at radius 3 is 2.18 bits per heavy atom.